The molecule has 1 N–H and O–H groups in total. The Morgan fingerprint density at radius 3 is 2.71 bits per heavy atom. The average molecular weight is 294 g/mol. The molecule has 1 fully saturated rings. The van der Waals surface area contributed by atoms with Crippen molar-refractivity contribution in [1.82, 2.24) is 4.90 Å². The predicted molar refractivity (Wildman–Crippen MR) is 79.4 cm³/mol. The van der Waals surface area contributed by atoms with Crippen molar-refractivity contribution in [3.63, 3.8) is 0 Å². The van der Waals surface area contributed by atoms with E-state index in [-0.39, 0.29) is 11.4 Å². The van der Waals surface area contributed by atoms with Crippen LogP contribution in [0.4, 0.5) is 5.69 Å². The molecule has 6 nitrogen and oxygen atoms in total. The van der Waals surface area contributed by atoms with E-state index in [0.717, 1.165) is 31.8 Å². The molecule has 0 saturated carbocycles. The molecule has 2 rings (SSSR count). The van der Waals surface area contributed by atoms with E-state index in [1.54, 1.807) is 6.07 Å². The van der Waals surface area contributed by atoms with Crippen LogP contribution in [0.5, 0.6) is 5.75 Å². The second-order valence-electron chi connectivity index (χ2n) is 5.69. The van der Waals surface area contributed by atoms with Crippen molar-refractivity contribution in [2.75, 3.05) is 26.7 Å². The number of aliphatic hydroxyl groups excluding tert-OH is 1. The SMILES string of the molecule is COc1ccc(C(O)CN2CCC(C)CC2)cc1[N+](=O)[O-]. The standard InChI is InChI=1S/C15H22N2O4/c1-11-5-7-16(8-6-11)10-14(18)12-3-4-15(21-2)13(9-12)17(19)20/h3-4,9,11,14,18H,5-8,10H2,1-2H3. The van der Waals surface area contributed by atoms with Crippen molar-refractivity contribution in [3.05, 3.63) is 33.9 Å². The molecule has 1 saturated heterocycles. The summed E-state index contributed by atoms with van der Waals surface area (Å²) in [6, 6.07) is 4.62. The van der Waals surface area contributed by atoms with E-state index >= 15 is 0 Å². The minimum atomic E-state index is -0.719. The number of methoxy groups -OCH3 is 1. The fourth-order valence-corrected chi connectivity index (χ4v) is 2.65. The first-order valence-corrected chi connectivity index (χ1v) is 7.24. The van der Waals surface area contributed by atoms with Crippen LogP contribution in [0.2, 0.25) is 0 Å². The molecule has 0 aromatic heterocycles. The largest absolute Gasteiger partial charge is 0.490 e. The van der Waals surface area contributed by atoms with E-state index in [9.17, 15) is 15.2 Å². The third-order valence-corrected chi connectivity index (χ3v) is 4.09. The van der Waals surface area contributed by atoms with Gasteiger partial charge in [0.2, 0.25) is 0 Å². The number of hydrogen-bond donors (Lipinski definition) is 1. The van der Waals surface area contributed by atoms with Gasteiger partial charge in [0.15, 0.2) is 5.75 Å². The molecule has 1 atom stereocenters. The molecule has 0 amide bonds. The monoisotopic (exact) mass is 294 g/mol. The van der Waals surface area contributed by atoms with Gasteiger partial charge < -0.3 is 14.7 Å². The zero-order chi connectivity index (χ0) is 15.4. The predicted octanol–water partition coefficient (Wildman–Crippen LogP) is 2.37. The fourth-order valence-electron chi connectivity index (χ4n) is 2.65. The molecular formula is C15H22N2O4. The Labute approximate surface area is 124 Å². The van der Waals surface area contributed by atoms with E-state index in [0.29, 0.717) is 12.1 Å². The van der Waals surface area contributed by atoms with Gasteiger partial charge in [-0.1, -0.05) is 13.0 Å². The number of benzene rings is 1. The minimum absolute atomic E-state index is 0.110. The number of aliphatic hydroxyl groups is 1. The Hall–Kier alpha value is -1.66. The van der Waals surface area contributed by atoms with Crippen LogP contribution in [-0.2, 0) is 0 Å². The van der Waals surface area contributed by atoms with Gasteiger partial charge in [-0.3, -0.25) is 10.1 Å². The number of β-amino-alcohol motifs (C(OH)–C–C–N with tert-alkyl or cyclic N) is 1. The number of nitro groups is 1. The van der Waals surface area contributed by atoms with E-state index in [2.05, 4.69) is 11.8 Å². The molecule has 1 heterocycles. The molecule has 21 heavy (non-hydrogen) atoms. The Morgan fingerprint density at radius 1 is 1.48 bits per heavy atom. The lowest BCUT2D eigenvalue weighted by molar-refractivity contribution is -0.385. The van der Waals surface area contributed by atoms with Gasteiger partial charge in [-0.25, -0.2) is 0 Å². The molecule has 116 valence electrons. The summed E-state index contributed by atoms with van der Waals surface area (Å²) in [5, 5.41) is 21.3. The molecule has 0 spiro atoms. The molecule has 1 aliphatic rings. The summed E-state index contributed by atoms with van der Waals surface area (Å²) in [5.41, 5.74) is 0.447. The molecule has 1 aromatic carbocycles. The lowest BCUT2D eigenvalue weighted by Crippen LogP contribution is -2.35. The molecule has 1 aromatic rings. The zero-order valence-corrected chi connectivity index (χ0v) is 12.5. The van der Waals surface area contributed by atoms with Crippen molar-refractivity contribution < 1.29 is 14.8 Å². The summed E-state index contributed by atoms with van der Waals surface area (Å²) >= 11 is 0. The van der Waals surface area contributed by atoms with Gasteiger partial charge in [0.25, 0.3) is 0 Å². The number of hydrogen-bond acceptors (Lipinski definition) is 5. The molecule has 6 heteroatoms. The molecule has 0 bridgehead atoms. The van der Waals surface area contributed by atoms with Crippen LogP contribution >= 0.6 is 0 Å². The lowest BCUT2D eigenvalue weighted by atomic mass is 9.98. The maximum Gasteiger partial charge on any atom is 0.311 e. The first-order valence-electron chi connectivity index (χ1n) is 7.24. The topological polar surface area (TPSA) is 75.8 Å². The highest BCUT2D eigenvalue weighted by Crippen LogP contribution is 2.30. The highest BCUT2D eigenvalue weighted by Gasteiger charge is 2.22. The Balaban J connectivity index is 2.06. The van der Waals surface area contributed by atoms with Crippen LogP contribution in [0.25, 0.3) is 0 Å². The molecule has 0 aliphatic carbocycles. The van der Waals surface area contributed by atoms with Crippen molar-refractivity contribution in [1.29, 1.82) is 0 Å². The number of nitrogens with zero attached hydrogens (tertiary/aromatic N) is 2. The quantitative estimate of drug-likeness (QED) is 0.666. The summed E-state index contributed by atoms with van der Waals surface area (Å²) in [4.78, 5) is 12.7. The summed E-state index contributed by atoms with van der Waals surface area (Å²) in [6.07, 6.45) is 1.55. The number of piperidine rings is 1. The third-order valence-electron chi connectivity index (χ3n) is 4.09. The van der Waals surface area contributed by atoms with Crippen molar-refractivity contribution >= 4 is 5.69 Å². The number of likely N-dealkylation sites (tertiary alicyclic amines) is 1. The lowest BCUT2D eigenvalue weighted by Gasteiger charge is -2.31. The van der Waals surface area contributed by atoms with Crippen LogP contribution < -0.4 is 4.74 Å². The van der Waals surface area contributed by atoms with Crippen molar-refractivity contribution in [2.45, 2.75) is 25.9 Å². The summed E-state index contributed by atoms with van der Waals surface area (Å²) in [6.45, 7) is 4.68. The first kappa shape index (κ1) is 15.7. The van der Waals surface area contributed by atoms with Crippen molar-refractivity contribution in [2.24, 2.45) is 5.92 Å². The molecule has 0 radical (unpaired) electrons. The smallest absolute Gasteiger partial charge is 0.311 e. The van der Waals surface area contributed by atoms with Gasteiger partial charge >= 0.3 is 5.69 Å². The van der Waals surface area contributed by atoms with Gasteiger partial charge in [0.1, 0.15) is 0 Å². The zero-order valence-electron chi connectivity index (χ0n) is 12.5. The van der Waals surface area contributed by atoms with Crippen LogP contribution in [0, 0.1) is 16.0 Å². The van der Waals surface area contributed by atoms with E-state index < -0.39 is 11.0 Å². The van der Waals surface area contributed by atoms with Gasteiger partial charge in [-0.2, -0.15) is 0 Å². The maximum atomic E-state index is 11.0. The second-order valence-corrected chi connectivity index (χ2v) is 5.69. The van der Waals surface area contributed by atoms with Crippen LogP contribution in [0.3, 0.4) is 0 Å². The Bertz CT molecular complexity index is 498. The number of nitro benzene ring substituents is 1. The van der Waals surface area contributed by atoms with E-state index in [1.807, 2.05) is 0 Å². The van der Waals surface area contributed by atoms with Crippen LogP contribution in [0.1, 0.15) is 31.4 Å². The maximum absolute atomic E-state index is 11.0. The van der Waals surface area contributed by atoms with Gasteiger partial charge in [0.05, 0.1) is 18.1 Å². The van der Waals surface area contributed by atoms with E-state index in [1.165, 1.54) is 19.2 Å². The van der Waals surface area contributed by atoms with Gasteiger partial charge in [-0.05, 0) is 43.5 Å². The number of rotatable bonds is 5. The third kappa shape index (κ3) is 3.92. The Kier molecular flexibility index (Phi) is 5.14. The summed E-state index contributed by atoms with van der Waals surface area (Å²) in [5.74, 6) is 0.947. The normalized spacial score (nSPS) is 18.4. The highest BCUT2D eigenvalue weighted by molar-refractivity contribution is 5.49. The van der Waals surface area contributed by atoms with Crippen LogP contribution in [-0.4, -0.2) is 41.7 Å². The first-order chi connectivity index (χ1) is 10.0. The summed E-state index contributed by atoms with van der Waals surface area (Å²) < 4.78 is 4.97. The van der Waals surface area contributed by atoms with Gasteiger partial charge in [-0.15, -0.1) is 0 Å². The van der Waals surface area contributed by atoms with Gasteiger partial charge in [0, 0.05) is 12.6 Å². The molecule has 1 unspecified atom stereocenters. The Morgan fingerprint density at radius 2 is 2.14 bits per heavy atom. The molecule has 1 aliphatic heterocycles. The fraction of sp³-hybridized carbons (Fsp3) is 0.600. The second kappa shape index (κ2) is 6.87. The highest BCUT2D eigenvalue weighted by atomic mass is 16.6. The van der Waals surface area contributed by atoms with Crippen LogP contribution in [0.15, 0.2) is 18.2 Å². The minimum Gasteiger partial charge on any atom is -0.490 e. The van der Waals surface area contributed by atoms with Crippen molar-refractivity contribution in [3.8, 4) is 5.75 Å². The average Bonchev–Trinajstić information content (AvgIpc) is 2.48. The number of ether oxygens (including phenoxy) is 1. The van der Waals surface area contributed by atoms with E-state index in [4.69, 9.17) is 4.74 Å². The molecular weight excluding hydrogens is 272 g/mol. The summed E-state index contributed by atoms with van der Waals surface area (Å²) in [7, 11) is 1.40.